The van der Waals surface area contributed by atoms with Crippen molar-refractivity contribution in [2.24, 2.45) is 0 Å². The van der Waals surface area contributed by atoms with E-state index in [9.17, 15) is 27.9 Å². The van der Waals surface area contributed by atoms with Crippen LogP contribution in [0.25, 0.3) is 11.4 Å². The summed E-state index contributed by atoms with van der Waals surface area (Å²) in [5.74, 6) is -2.27. The third-order valence-electron chi connectivity index (χ3n) is 5.23. The predicted molar refractivity (Wildman–Crippen MR) is 128 cm³/mol. The molecule has 0 saturated carbocycles. The number of ketones is 1. The second kappa shape index (κ2) is 10.6. The standard InChI is InChI=1S/C25H16Cl2F3N3O4/c26-18-10-16(11-19(27)21(18)35)22-31-23(37-32-22)24(36)33(13-20(34)15-6-2-1-3-7-15)12-14-5-4-8-17(9-14)25(28,29)30/h1-11,35H,12-13H2. The van der Waals surface area contributed by atoms with Gasteiger partial charge in [0.15, 0.2) is 11.5 Å². The van der Waals surface area contributed by atoms with Crippen molar-refractivity contribution in [2.75, 3.05) is 6.54 Å². The van der Waals surface area contributed by atoms with Gasteiger partial charge in [0.2, 0.25) is 5.82 Å². The van der Waals surface area contributed by atoms with Gasteiger partial charge in [-0.1, -0.05) is 70.8 Å². The summed E-state index contributed by atoms with van der Waals surface area (Å²) in [6.45, 7) is -0.802. The zero-order chi connectivity index (χ0) is 26.7. The fourth-order valence-corrected chi connectivity index (χ4v) is 3.90. The normalized spacial score (nSPS) is 11.4. The van der Waals surface area contributed by atoms with Crippen molar-refractivity contribution in [3.05, 3.63) is 99.4 Å². The Balaban J connectivity index is 1.65. The molecule has 0 aliphatic carbocycles. The van der Waals surface area contributed by atoms with Gasteiger partial charge in [-0.3, -0.25) is 9.59 Å². The van der Waals surface area contributed by atoms with Gasteiger partial charge in [-0.05, 0) is 29.8 Å². The minimum absolute atomic E-state index is 0.0828. The van der Waals surface area contributed by atoms with Crippen molar-refractivity contribution in [3.63, 3.8) is 0 Å². The summed E-state index contributed by atoms with van der Waals surface area (Å²) >= 11 is 11.9. The van der Waals surface area contributed by atoms with Crippen molar-refractivity contribution in [1.82, 2.24) is 15.0 Å². The van der Waals surface area contributed by atoms with Crippen LogP contribution in [-0.2, 0) is 12.7 Å². The molecule has 0 atom stereocenters. The summed E-state index contributed by atoms with van der Waals surface area (Å²) in [6, 6.07) is 15.1. The van der Waals surface area contributed by atoms with Gasteiger partial charge in [0, 0.05) is 17.7 Å². The highest BCUT2D eigenvalue weighted by Crippen LogP contribution is 2.35. The van der Waals surface area contributed by atoms with Crippen LogP contribution in [0.1, 0.15) is 32.2 Å². The van der Waals surface area contributed by atoms with Gasteiger partial charge in [0.1, 0.15) is 0 Å². The number of rotatable bonds is 7. The molecule has 0 spiro atoms. The Kier molecular flexibility index (Phi) is 7.51. The van der Waals surface area contributed by atoms with E-state index in [4.69, 9.17) is 27.7 Å². The van der Waals surface area contributed by atoms with Gasteiger partial charge < -0.3 is 14.5 Å². The van der Waals surface area contributed by atoms with Crippen molar-refractivity contribution in [3.8, 4) is 17.1 Å². The molecule has 1 amide bonds. The molecule has 0 saturated heterocycles. The number of phenols is 1. The first kappa shape index (κ1) is 26.2. The van der Waals surface area contributed by atoms with E-state index in [1.165, 1.54) is 24.3 Å². The Bertz CT molecular complexity index is 1440. The van der Waals surface area contributed by atoms with Gasteiger partial charge in [0.25, 0.3) is 0 Å². The van der Waals surface area contributed by atoms with Crippen LogP contribution < -0.4 is 0 Å². The summed E-state index contributed by atoms with van der Waals surface area (Å²) in [4.78, 5) is 31.2. The Morgan fingerprint density at radius 2 is 1.65 bits per heavy atom. The van der Waals surface area contributed by atoms with Crippen LogP contribution in [0.2, 0.25) is 10.0 Å². The highest BCUT2D eigenvalue weighted by molar-refractivity contribution is 6.37. The molecule has 1 heterocycles. The summed E-state index contributed by atoms with van der Waals surface area (Å²) in [5, 5.41) is 13.3. The van der Waals surface area contributed by atoms with Crippen molar-refractivity contribution in [2.45, 2.75) is 12.7 Å². The molecule has 12 heteroatoms. The molecule has 4 aromatic rings. The third-order valence-corrected chi connectivity index (χ3v) is 5.81. The molecule has 4 rings (SSSR count). The average molecular weight is 550 g/mol. The zero-order valence-electron chi connectivity index (χ0n) is 18.7. The van der Waals surface area contributed by atoms with Crippen LogP contribution in [0, 0.1) is 0 Å². The maximum Gasteiger partial charge on any atom is 0.416 e. The summed E-state index contributed by atoms with van der Waals surface area (Å²) in [7, 11) is 0. The van der Waals surface area contributed by atoms with Crippen LogP contribution in [-0.4, -0.2) is 38.4 Å². The first-order valence-corrected chi connectivity index (χ1v) is 11.3. The number of carbonyl (C=O) groups is 2. The lowest BCUT2D eigenvalue weighted by Crippen LogP contribution is -2.35. The topological polar surface area (TPSA) is 96.5 Å². The third kappa shape index (κ3) is 6.10. The van der Waals surface area contributed by atoms with Gasteiger partial charge >= 0.3 is 18.0 Å². The molecule has 1 N–H and O–H groups in total. The Morgan fingerprint density at radius 1 is 0.973 bits per heavy atom. The molecule has 37 heavy (non-hydrogen) atoms. The SMILES string of the molecule is O=C(CN(Cc1cccc(C(F)(F)F)c1)C(=O)c1nc(-c2cc(Cl)c(O)c(Cl)c2)no1)c1ccccc1. The van der Waals surface area contributed by atoms with E-state index in [0.717, 1.165) is 17.0 Å². The zero-order valence-corrected chi connectivity index (χ0v) is 20.2. The number of phenolic OH excluding ortho intramolecular Hbond substituents is 1. The number of carbonyl (C=O) groups excluding carboxylic acids is 2. The second-order valence-corrected chi connectivity index (χ2v) is 8.67. The fraction of sp³-hybridized carbons (Fsp3) is 0.120. The lowest BCUT2D eigenvalue weighted by molar-refractivity contribution is -0.137. The van der Waals surface area contributed by atoms with Gasteiger partial charge in [-0.2, -0.15) is 18.2 Å². The molecule has 0 aliphatic rings. The Morgan fingerprint density at radius 3 is 2.30 bits per heavy atom. The number of hydrogen-bond acceptors (Lipinski definition) is 6. The number of nitrogens with zero attached hydrogens (tertiary/aromatic N) is 3. The minimum Gasteiger partial charge on any atom is -0.505 e. The number of amides is 1. The molecule has 0 bridgehead atoms. The van der Waals surface area contributed by atoms with E-state index in [1.807, 2.05) is 0 Å². The van der Waals surface area contributed by atoms with E-state index in [-0.39, 0.29) is 39.3 Å². The van der Waals surface area contributed by atoms with E-state index in [0.29, 0.717) is 5.56 Å². The maximum absolute atomic E-state index is 13.3. The number of benzene rings is 3. The fourth-order valence-electron chi connectivity index (χ4n) is 3.41. The highest BCUT2D eigenvalue weighted by Gasteiger charge is 2.31. The molecular formula is C25H16Cl2F3N3O4. The summed E-state index contributed by atoms with van der Waals surface area (Å²) < 4.78 is 44.7. The Hall–Kier alpha value is -3.89. The van der Waals surface area contributed by atoms with Crippen LogP contribution >= 0.6 is 23.2 Å². The molecule has 7 nitrogen and oxygen atoms in total. The molecule has 0 radical (unpaired) electrons. The van der Waals surface area contributed by atoms with Gasteiger partial charge in [-0.25, -0.2) is 0 Å². The van der Waals surface area contributed by atoms with E-state index in [2.05, 4.69) is 10.1 Å². The van der Waals surface area contributed by atoms with E-state index >= 15 is 0 Å². The van der Waals surface area contributed by atoms with Gasteiger partial charge in [-0.15, -0.1) is 0 Å². The number of alkyl halides is 3. The average Bonchev–Trinajstić information content (AvgIpc) is 3.37. The molecule has 0 aliphatic heterocycles. The molecular weight excluding hydrogens is 534 g/mol. The first-order valence-electron chi connectivity index (χ1n) is 10.6. The predicted octanol–water partition coefficient (Wildman–Crippen LogP) is 6.29. The molecule has 190 valence electrons. The number of aromatic nitrogens is 2. The number of hydrogen-bond donors (Lipinski definition) is 1. The lowest BCUT2D eigenvalue weighted by Gasteiger charge is -2.21. The summed E-state index contributed by atoms with van der Waals surface area (Å²) in [6.07, 6.45) is -4.58. The second-order valence-electron chi connectivity index (χ2n) is 7.86. The van der Waals surface area contributed by atoms with Crippen molar-refractivity contribution < 1.29 is 32.4 Å². The maximum atomic E-state index is 13.3. The summed E-state index contributed by atoms with van der Waals surface area (Å²) in [5.41, 5.74) is -0.210. The van der Waals surface area contributed by atoms with Crippen LogP contribution in [0.4, 0.5) is 13.2 Å². The number of aromatic hydroxyl groups is 1. The molecule has 1 aromatic heterocycles. The number of halogens is 5. The van der Waals surface area contributed by atoms with E-state index < -0.39 is 35.9 Å². The highest BCUT2D eigenvalue weighted by atomic mass is 35.5. The van der Waals surface area contributed by atoms with E-state index in [1.54, 1.807) is 30.3 Å². The Labute approximate surface area is 218 Å². The molecule has 0 fully saturated rings. The van der Waals surface area contributed by atoms with Crippen LogP contribution in [0.15, 0.2) is 71.3 Å². The van der Waals surface area contributed by atoms with Gasteiger partial charge in [0.05, 0.1) is 22.2 Å². The monoisotopic (exact) mass is 549 g/mol. The van der Waals surface area contributed by atoms with Crippen molar-refractivity contribution >= 4 is 34.9 Å². The van der Waals surface area contributed by atoms with Crippen LogP contribution in [0.3, 0.4) is 0 Å². The van der Waals surface area contributed by atoms with Crippen LogP contribution in [0.5, 0.6) is 5.75 Å². The first-order chi connectivity index (χ1) is 17.5. The molecule has 0 unspecified atom stereocenters. The molecule has 3 aromatic carbocycles. The number of Topliss-reactive ketones (excluding diaryl/α,β-unsaturated/α-hetero) is 1. The smallest absolute Gasteiger partial charge is 0.416 e. The quantitative estimate of drug-likeness (QED) is 0.272. The van der Waals surface area contributed by atoms with Crippen molar-refractivity contribution in [1.29, 1.82) is 0 Å². The largest absolute Gasteiger partial charge is 0.505 e. The minimum atomic E-state index is -4.58. The lowest BCUT2D eigenvalue weighted by atomic mass is 10.1.